The lowest BCUT2D eigenvalue weighted by atomic mass is 10.2. The zero-order chi connectivity index (χ0) is 17.5. The van der Waals surface area contributed by atoms with Crippen LogP contribution in [-0.4, -0.2) is 18.4 Å². The number of rotatable bonds is 6. The van der Waals surface area contributed by atoms with Crippen LogP contribution in [0.15, 0.2) is 48.5 Å². The molecule has 2 rings (SSSR count). The van der Waals surface area contributed by atoms with E-state index in [1.165, 1.54) is 0 Å². The van der Waals surface area contributed by atoms with E-state index >= 15 is 0 Å². The highest BCUT2D eigenvalue weighted by Crippen LogP contribution is 2.15. The maximum absolute atomic E-state index is 11.9. The van der Waals surface area contributed by atoms with Gasteiger partial charge in [-0.3, -0.25) is 9.59 Å². The molecule has 0 atom stereocenters. The van der Waals surface area contributed by atoms with Crippen molar-refractivity contribution in [2.24, 2.45) is 5.92 Å². The van der Waals surface area contributed by atoms with E-state index in [9.17, 15) is 9.59 Å². The molecule has 2 aromatic carbocycles. The van der Waals surface area contributed by atoms with E-state index in [4.69, 9.17) is 4.74 Å². The van der Waals surface area contributed by atoms with Crippen molar-refractivity contribution < 1.29 is 14.3 Å². The Morgan fingerprint density at radius 3 is 2.21 bits per heavy atom. The second-order valence-electron chi connectivity index (χ2n) is 5.87. The van der Waals surface area contributed by atoms with Crippen LogP contribution in [0.1, 0.15) is 19.4 Å². The van der Waals surface area contributed by atoms with Crippen LogP contribution in [0.4, 0.5) is 11.4 Å². The van der Waals surface area contributed by atoms with Gasteiger partial charge in [0.1, 0.15) is 5.75 Å². The molecule has 2 aromatic rings. The number of hydrogen-bond acceptors (Lipinski definition) is 3. The summed E-state index contributed by atoms with van der Waals surface area (Å²) in [7, 11) is 0. The van der Waals surface area contributed by atoms with Gasteiger partial charge in [-0.25, -0.2) is 0 Å². The summed E-state index contributed by atoms with van der Waals surface area (Å²) in [6.45, 7) is 5.57. The molecule has 0 bridgehead atoms. The highest BCUT2D eigenvalue weighted by molar-refractivity contribution is 5.94. The predicted octanol–water partition coefficient (Wildman–Crippen LogP) is 3.61. The Bertz CT molecular complexity index is 709. The van der Waals surface area contributed by atoms with Crippen LogP contribution in [0.25, 0.3) is 0 Å². The maximum atomic E-state index is 11.9. The summed E-state index contributed by atoms with van der Waals surface area (Å²) >= 11 is 0. The average molecular weight is 326 g/mol. The minimum atomic E-state index is -0.240. The molecule has 2 amide bonds. The summed E-state index contributed by atoms with van der Waals surface area (Å²) in [5, 5.41) is 5.55. The van der Waals surface area contributed by atoms with E-state index in [0.29, 0.717) is 17.1 Å². The summed E-state index contributed by atoms with van der Waals surface area (Å²) in [6.07, 6.45) is 0. The van der Waals surface area contributed by atoms with Crippen molar-refractivity contribution in [3.63, 3.8) is 0 Å². The molecular weight excluding hydrogens is 304 g/mol. The first-order chi connectivity index (χ1) is 11.4. The molecule has 0 saturated heterocycles. The Balaban J connectivity index is 1.84. The summed E-state index contributed by atoms with van der Waals surface area (Å²) in [6, 6.07) is 14.5. The molecule has 5 heteroatoms. The fourth-order valence-electron chi connectivity index (χ4n) is 1.97. The van der Waals surface area contributed by atoms with Gasteiger partial charge in [0, 0.05) is 17.3 Å². The van der Waals surface area contributed by atoms with Crippen molar-refractivity contribution >= 4 is 23.2 Å². The van der Waals surface area contributed by atoms with E-state index in [-0.39, 0.29) is 24.3 Å². The van der Waals surface area contributed by atoms with Crippen LogP contribution in [0, 0.1) is 12.8 Å². The molecular formula is C19H22N2O3. The lowest BCUT2D eigenvalue weighted by Gasteiger charge is -2.10. The molecule has 0 spiro atoms. The number of hydrogen-bond donors (Lipinski definition) is 2. The monoisotopic (exact) mass is 326 g/mol. The van der Waals surface area contributed by atoms with Gasteiger partial charge in [-0.2, -0.15) is 0 Å². The van der Waals surface area contributed by atoms with Crippen LogP contribution in [-0.2, 0) is 9.59 Å². The van der Waals surface area contributed by atoms with Crippen LogP contribution in [0.2, 0.25) is 0 Å². The van der Waals surface area contributed by atoms with Crippen molar-refractivity contribution in [3.8, 4) is 5.75 Å². The molecule has 0 fully saturated rings. The average Bonchev–Trinajstić information content (AvgIpc) is 2.55. The standard InChI is InChI=1S/C19H22N2O3/c1-13(2)19(23)21-16-9-7-15(8-10-16)20-18(22)12-24-17-6-4-5-14(3)11-17/h4-11,13H,12H2,1-3H3,(H,20,22)(H,21,23). The minimum absolute atomic E-state index is 0.0432. The lowest BCUT2D eigenvalue weighted by Crippen LogP contribution is -2.20. The van der Waals surface area contributed by atoms with Gasteiger partial charge in [0.05, 0.1) is 0 Å². The van der Waals surface area contributed by atoms with Crippen molar-refractivity contribution in [1.29, 1.82) is 0 Å². The third-order valence-electron chi connectivity index (χ3n) is 3.32. The molecule has 0 aromatic heterocycles. The molecule has 126 valence electrons. The molecule has 0 unspecified atom stereocenters. The number of carbonyl (C=O) groups is 2. The minimum Gasteiger partial charge on any atom is -0.484 e. The molecule has 0 heterocycles. The molecule has 5 nitrogen and oxygen atoms in total. The van der Waals surface area contributed by atoms with Crippen molar-refractivity contribution in [2.75, 3.05) is 17.2 Å². The van der Waals surface area contributed by atoms with Crippen LogP contribution in [0.3, 0.4) is 0 Å². The summed E-state index contributed by atoms with van der Waals surface area (Å²) < 4.78 is 5.45. The van der Waals surface area contributed by atoms with E-state index in [1.54, 1.807) is 24.3 Å². The van der Waals surface area contributed by atoms with Crippen molar-refractivity contribution in [1.82, 2.24) is 0 Å². The number of anilines is 2. The number of ether oxygens (including phenoxy) is 1. The Labute approximate surface area is 142 Å². The molecule has 24 heavy (non-hydrogen) atoms. The number of amides is 2. The Kier molecular flexibility index (Phi) is 5.95. The van der Waals surface area contributed by atoms with Gasteiger partial charge >= 0.3 is 0 Å². The second kappa shape index (κ2) is 8.15. The van der Waals surface area contributed by atoms with E-state index < -0.39 is 0 Å². The second-order valence-corrected chi connectivity index (χ2v) is 5.87. The first-order valence-corrected chi connectivity index (χ1v) is 7.84. The van der Waals surface area contributed by atoms with Gasteiger partial charge < -0.3 is 15.4 Å². The zero-order valence-corrected chi connectivity index (χ0v) is 14.1. The molecule has 0 aliphatic rings. The van der Waals surface area contributed by atoms with Gasteiger partial charge in [0.25, 0.3) is 5.91 Å². The summed E-state index contributed by atoms with van der Waals surface area (Å²) in [5.74, 6) is 0.300. The van der Waals surface area contributed by atoms with Gasteiger partial charge in [-0.1, -0.05) is 26.0 Å². The van der Waals surface area contributed by atoms with Crippen molar-refractivity contribution in [2.45, 2.75) is 20.8 Å². The quantitative estimate of drug-likeness (QED) is 0.852. The third-order valence-corrected chi connectivity index (χ3v) is 3.32. The Morgan fingerprint density at radius 2 is 1.62 bits per heavy atom. The fraction of sp³-hybridized carbons (Fsp3) is 0.263. The third kappa shape index (κ3) is 5.43. The van der Waals surface area contributed by atoms with Crippen LogP contribution >= 0.6 is 0 Å². The summed E-state index contributed by atoms with van der Waals surface area (Å²) in [4.78, 5) is 23.5. The van der Waals surface area contributed by atoms with E-state index in [2.05, 4.69) is 10.6 Å². The smallest absolute Gasteiger partial charge is 0.262 e. The van der Waals surface area contributed by atoms with Gasteiger partial charge in [0.2, 0.25) is 5.91 Å². The molecule has 0 saturated carbocycles. The first kappa shape index (κ1) is 17.5. The first-order valence-electron chi connectivity index (χ1n) is 7.84. The van der Waals surface area contributed by atoms with Crippen LogP contribution < -0.4 is 15.4 Å². The SMILES string of the molecule is Cc1cccc(OCC(=O)Nc2ccc(NC(=O)C(C)C)cc2)c1. The zero-order valence-electron chi connectivity index (χ0n) is 14.1. The van der Waals surface area contributed by atoms with Crippen LogP contribution in [0.5, 0.6) is 5.75 Å². The highest BCUT2D eigenvalue weighted by atomic mass is 16.5. The van der Waals surface area contributed by atoms with E-state index in [1.807, 2.05) is 45.0 Å². The number of carbonyl (C=O) groups excluding carboxylic acids is 2. The lowest BCUT2D eigenvalue weighted by molar-refractivity contribution is -0.119. The van der Waals surface area contributed by atoms with Gasteiger partial charge in [0.15, 0.2) is 6.61 Å². The largest absolute Gasteiger partial charge is 0.484 e. The summed E-state index contributed by atoms with van der Waals surface area (Å²) in [5.41, 5.74) is 2.42. The molecule has 0 aliphatic heterocycles. The molecule has 2 N–H and O–H groups in total. The normalized spacial score (nSPS) is 10.3. The Hall–Kier alpha value is -2.82. The highest BCUT2D eigenvalue weighted by Gasteiger charge is 2.08. The van der Waals surface area contributed by atoms with Gasteiger partial charge in [-0.05, 0) is 48.9 Å². The number of benzene rings is 2. The number of nitrogens with one attached hydrogen (secondary N) is 2. The predicted molar refractivity (Wildman–Crippen MR) is 95.2 cm³/mol. The molecule has 0 aliphatic carbocycles. The molecule has 0 radical (unpaired) electrons. The topological polar surface area (TPSA) is 67.4 Å². The Morgan fingerprint density at radius 1 is 1.00 bits per heavy atom. The number of aryl methyl sites for hydroxylation is 1. The fourth-order valence-corrected chi connectivity index (χ4v) is 1.97. The maximum Gasteiger partial charge on any atom is 0.262 e. The van der Waals surface area contributed by atoms with Gasteiger partial charge in [-0.15, -0.1) is 0 Å². The van der Waals surface area contributed by atoms with E-state index in [0.717, 1.165) is 5.56 Å². The van der Waals surface area contributed by atoms with Crippen molar-refractivity contribution in [3.05, 3.63) is 54.1 Å².